The molecule has 0 saturated carbocycles. The number of nitrogens with zero attached hydrogens (tertiary/aromatic N) is 1. The smallest absolute Gasteiger partial charge is 0.346 e. The maximum Gasteiger partial charge on any atom is 0.346 e. The predicted molar refractivity (Wildman–Crippen MR) is 96.1 cm³/mol. The second kappa shape index (κ2) is 10.6. The number of benzene rings is 1. The number of aliphatic hydroxyl groups is 3. The van der Waals surface area contributed by atoms with Crippen LogP contribution in [0.1, 0.15) is 10.4 Å². The Bertz CT molecular complexity index is 774. The molecule has 2 aromatic rings. The quantitative estimate of drug-likeness (QED) is 0.407. The summed E-state index contributed by atoms with van der Waals surface area (Å²) in [5, 5.41) is 27.9. The van der Waals surface area contributed by atoms with Crippen molar-refractivity contribution in [1.29, 1.82) is 0 Å². The number of halogens is 1. The van der Waals surface area contributed by atoms with Crippen molar-refractivity contribution in [2.75, 3.05) is 12.3 Å². The van der Waals surface area contributed by atoms with Gasteiger partial charge in [0.1, 0.15) is 30.7 Å². The Morgan fingerprint density at radius 2 is 1.85 bits per heavy atom. The molecular weight excluding hydrogens is 382 g/mol. The van der Waals surface area contributed by atoms with Crippen LogP contribution in [0.2, 0.25) is 0 Å². The van der Waals surface area contributed by atoms with Crippen molar-refractivity contribution in [3.05, 3.63) is 58.6 Å². The van der Waals surface area contributed by atoms with Crippen molar-refractivity contribution in [2.45, 2.75) is 24.6 Å². The number of rotatable bonds is 3. The second-order valence-electron chi connectivity index (χ2n) is 5.34. The van der Waals surface area contributed by atoms with Crippen LogP contribution in [0.5, 0.6) is 0 Å². The van der Waals surface area contributed by atoms with Crippen molar-refractivity contribution in [1.82, 2.24) is 9.97 Å². The van der Waals surface area contributed by atoms with Crippen molar-refractivity contribution in [3.8, 4) is 0 Å². The van der Waals surface area contributed by atoms with Gasteiger partial charge in [-0.25, -0.2) is 14.6 Å². The van der Waals surface area contributed by atoms with E-state index >= 15 is 0 Å². The van der Waals surface area contributed by atoms with Gasteiger partial charge < -0.3 is 30.5 Å². The molecule has 1 saturated heterocycles. The van der Waals surface area contributed by atoms with Gasteiger partial charge >= 0.3 is 11.7 Å². The fourth-order valence-electron chi connectivity index (χ4n) is 2.06. The van der Waals surface area contributed by atoms with Gasteiger partial charge in [0.2, 0.25) is 0 Å². The number of aliphatic hydroxyl groups excluding tert-OH is 3. The van der Waals surface area contributed by atoms with Gasteiger partial charge in [-0.2, -0.15) is 0 Å². The van der Waals surface area contributed by atoms with E-state index in [-0.39, 0.29) is 19.0 Å². The molecule has 1 aromatic heterocycles. The second-order valence-corrected chi connectivity index (χ2v) is 5.34. The minimum absolute atomic E-state index is 0. The number of hydrogen-bond acceptors (Lipinski definition) is 9. The molecule has 2 heterocycles. The fourth-order valence-corrected chi connectivity index (χ4v) is 2.06. The lowest BCUT2D eigenvalue weighted by Gasteiger charge is -2.14. The van der Waals surface area contributed by atoms with Crippen LogP contribution in [0, 0.1) is 0 Å². The summed E-state index contributed by atoms with van der Waals surface area (Å²) in [5.41, 5.74) is 5.13. The lowest BCUT2D eigenvalue weighted by molar-refractivity contribution is -0.133. The molecule has 1 aliphatic rings. The molecule has 1 aromatic carbocycles. The molecule has 27 heavy (non-hydrogen) atoms. The van der Waals surface area contributed by atoms with Gasteiger partial charge in [0.15, 0.2) is 6.29 Å². The molecule has 10 nitrogen and oxygen atoms in total. The third-order valence-electron chi connectivity index (χ3n) is 3.42. The van der Waals surface area contributed by atoms with Crippen molar-refractivity contribution in [3.63, 3.8) is 0 Å². The molecular formula is C16H20ClN3O7. The van der Waals surface area contributed by atoms with Crippen LogP contribution in [0.15, 0.2) is 47.4 Å². The number of nitrogen functional groups attached to an aromatic ring is 1. The molecule has 11 heteroatoms. The van der Waals surface area contributed by atoms with Crippen molar-refractivity contribution < 1.29 is 29.6 Å². The Morgan fingerprint density at radius 1 is 1.19 bits per heavy atom. The van der Waals surface area contributed by atoms with E-state index in [9.17, 15) is 19.8 Å². The zero-order chi connectivity index (χ0) is 19.1. The van der Waals surface area contributed by atoms with Crippen molar-refractivity contribution >= 4 is 24.2 Å². The molecule has 3 rings (SSSR count). The minimum atomic E-state index is -1.46. The molecule has 0 bridgehead atoms. The van der Waals surface area contributed by atoms with E-state index in [0.29, 0.717) is 11.4 Å². The van der Waals surface area contributed by atoms with E-state index in [0.717, 1.165) is 0 Å². The third-order valence-corrected chi connectivity index (χ3v) is 3.42. The number of nitrogens with one attached hydrogen (secondary N) is 1. The zero-order valence-electron chi connectivity index (χ0n) is 14.0. The first-order chi connectivity index (χ1) is 12.4. The predicted octanol–water partition coefficient (Wildman–Crippen LogP) is -0.944. The summed E-state index contributed by atoms with van der Waals surface area (Å²) < 4.78 is 9.78. The Hall–Kier alpha value is -2.50. The zero-order valence-corrected chi connectivity index (χ0v) is 14.8. The molecule has 4 atom stereocenters. The normalized spacial score (nSPS) is 23.5. The number of carbonyl (C=O) groups excluding carboxylic acids is 1. The molecule has 6 N–H and O–H groups in total. The Kier molecular flexibility index (Phi) is 8.85. The number of hydrogen-bond donors (Lipinski definition) is 5. The minimum Gasteiger partial charge on any atom is -0.459 e. The van der Waals surface area contributed by atoms with E-state index in [1.54, 1.807) is 30.3 Å². The van der Waals surface area contributed by atoms with Gasteiger partial charge in [-0.1, -0.05) is 18.2 Å². The van der Waals surface area contributed by atoms with Gasteiger partial charge in [0, 0.05) is 6.20 Å². The highest BCUT2D eigenvalue weighted by Crippen LogP contribution is 2.20. The standard InChI is InChI=1S/C12H14O6.C4H5N3O.ClH/c13-9-8(18-12(16)10(9)14)6-17-11(15)7-4-2-1-3-5-7;5-3-1-2-6-4(8)7-3;/h1-5,8-10,12-14,16H,6H2;1-2H,(H3,5,6,7,8);1H/t8-,9-,10+,12?;;/m1../s1. The van der Waals surface area contributed by atoms with Crippen LogP contribution in [0.3, 0.4) is 0 Å². The number of ether oxygens (including phenoxy) is 2. The van der Waals surface area contributed by atoms with E-state index in [4.69, 9.17) is 20.3 Å². The number of aromatic nitrogens is 2. The topological polar surface area (TPSA) is 168 Å². The molecule has 0 spiro atoms. The van der Waals surface area contributed by atoms with Crippen LogP contribution in [0.25, 0.3) is 0 Å². The van der Waals surface area contributed by atoms with E-state index in [1.807, 2.05) is 0 Å². The van der Waals surface area contributed by atoms with Crippen LogP contribution < -0.4 is 11.4 Å². The SMILES string of the molecule is Cl.Nc1ccnc(=O)[nH]1.O=C(OC[C@H]1OC(O)[C@@H](O)[C@@H]1O)c1ccccc1. The summed E-state index contributed by atoms with van der Waals surface area (Å²) in [6.45, 7) is -0.233. The summed E-state index contributed by atoms with van der Waals surface area (Å²) in [4.78, 5) is 27.5. The summed E-state index contributed by atoms with van der Waals surface area (Å²) in [6, 6.07) is 9.88. The Balaban J connectivity index is 0.000000342. The molecule has 1 aliphatic heterocycles. The monoisotopic (exact) mass is 401 g/mol. The lowest BCUT2D eigenvalue weighted by Crippen LogP contribution is -2.34. The molecule has 1 fully saturated rings. The first-order valence-corrected chi connectivity index (χ1v) is 7.61. The van der Waals surface area contributed by atoms with Gasteiger partial charge in [-0.05, 0) is 18.2 Å². The summed E-state index contributed by atoms with van der Waals surface area (Å²) in [7, 11) is 0. The summed E-state index contributed by atoms with van der Waals surface area (Å²) >= 11 is 0. The van der Waals surface area contributed by atoms with Crippen LogP contribution >= 0.6 is 12.4 Å². The molecule has 0 radical (unpaired) electrons. The molecule has 0 aliphatic carbocycles. The Morgan fingerprint density at radius 3 is 2.33 bits per heavy atom. The van der Waals surface area contributed by atoms with E-state index in [1.165, 1.54) is 12.3 Å². The van der Waals surface area contributed by atoms with E-state index < -0.39 is 36.3 Å². The largest absolute Gasteiger partial charge is 0.459 e. The van der Waals surface area contributed by atoms with Gasteiger partial charge in [0.05, 0.1) is 5.56 Å². The lowest BCUT2D eigenvalue weighted by atomic mass is 10.1. The summed E-state index contributed by atoms with van der Waals surface area (Å²) in [6.07, 6.45) is -3.69. The summed E-state index contributed by atoms with van der Waals surface area (Å²) in [5.74, 6) is -0.215. The number of nitrogens with two attached hydrogens (primary N) is 1. The highest BCUT2D eigenvalue weighted by molar-refractivity contribution is 5.89. The van der Waals surface area contributed by atoms with Crippen LogP contribution in [-0.4, -0.2) is 62.5 Å². The van der Waals surface area contributed by atoms with Gasteiger partial charge in [-0.15, -0.1) is 12.4 Å². The highest BCUT2D eigenvalue weighted by atomic mass is 35.5. The first-order valence-electron chi connectivity index (χ1n) is 7.61. The van der Waals surface area contributed by atoms with Crippen LogP contribution in [0.4, 0.5) is 5.82 Å². The number of anilines is 1. The number of esters is 1. The fraction of sp³-hybridized carbons (Fsp3) is 0.312. The number of aromatic amines is 1. The van der Waals surface area contributed by atoms with Gasteiger partial charge in [0.25, 0.3) is 0 Å². The first kappa shape index (κ1) is 22.5. The number of H-pyrrole nitrogens is 1. The third kappa shape index (κ3) is 6.62. The van der Waals surface area contributed by atoms with E-state index in [2.05, 4.69) is 9.97 Å². The highest BCUT2D eigenvalue weighted by Gasteiger charge is 2.42. The number of carbonyl (C=O) groups is 1. The molecule has 1 unspecified atom stereocenters. The van der Waals surface area contributed by atoms with Crippen molar-refractivity contribution in [2.24, 2.45) is 0 Å². The average Bonchev–Trinajstić information content (AvgIpc) is 2.87. The molecule has 0 amide bonds. The molecule has 148 valence electrons. The van der Waals surface area contributed by atoms with Crippen LogP contribution in [-0.2, 0) is 9.47 Å². The maximum absolute atomic E-state index is 11.6. The average molecular weight is 402 g/mol. The van der Waals surface area contributed by atoms with Gasteiger partial charge in [-0.3, -0.25) is 4.98 Å². The Labute approximate surface area is 160 Å². The maximum atomic E-state index is 11.6.